The molecule has 0 amide bonds. The molecule has 2 heterocycles. The number of nitrogens with one attached hydrogen (secondary N) is 1. The maximum Gasteiger partial charge on any atom is 0.323 e. The lowest BCUT2D eigenvalue weighted by Gasteiger charge is -2.41. The number of para-hydroxylation sites is 1. The highest BCUT2D eigenvalue weighted by atomic mass is 16.6. The predicted octanol–water partition coefficient (Wildman–Crippen LogP) is 5.16. The first-order valence-electron chi connectivity index (χ1n) is 11.4. The second-order valence-corrected chi connectivity index (χ2v) is 8.45. The smallest absolute Gasteiger partial charge is 0.323 e. The number of non-ortho nitro benzene ring substituents is 1. The Balaban J connectivity index is 1.72. The SMILES string of the molecule is CCOC(=O)[C@@H]1Cc2c([nH]c3ccccc23)[C@H](c2cccc([N+](=O)[O-])c2)N1Cc1ccccc1. The zero-order valence-corrected chi connectivity index (χ0v) is 18.8. The normalized spacial score (nSPS) is 17.9. The van der Waals surface area contributed by atoms with Crippen molar-refractivity contribution in [2.24, 2.45) is 0 Å². The van der Waals surface area contributed by atoms with Crippen molar-refractivity contribution in [2.75, 3.05) is 6.61 Å². The van der Waals surface area contributed by atoms with Gasteiger partial charge in [-0.2, -0.15) is 0 Å². The van der Waals surface area contributed by atoms with E-state index in [-0.39, 0.29) is 29.2 Å². The van der Waals surface area contributed by atoms with Crippen LogP contribution < -0.4 is 0 Å². The summed E-state index contributed by atoms with van der Waals surface area (Å²) in [5.41, 5.74) is 4.81. The van der Waals surface area contributed by atoms with E-state index in [1.807, 2.05) is 60.7 Å². The third kappa shape index (κ3) is 3.95. The lowest BCUT2D eigenvalue weighted by molar-refractivity contribution is -0.384. The summed E-state index contributed by atoms with van der Waals surface area (Å²) in [6.07, 6.45) is 0.496. The zero-order chi connectivity index (χ0) is 23.7. The molecule has 0 aliphatic carbocycles. The van der Waals surface area contributed by atoms with Gasteiger partial charge in [0.1, 0.15) is 6.04 Å². The molecule has 0 fully saturated rings. The summed E-state index contributed by atoms with van der Waals surface area (Å²) in [4.78, 5) is 30.1. The molecule has 172 valence electrons. The van der Waals surface area contributed by atoms with E-state index in [9.17, 15) is 14.9 Å². The average molecular weight is 456 g/mol. The highest BCUT2D eigenvalue weighted by molar-refractivity contribution is 5.87. The Morgan fingerprint density at radius 3 is 2.62 bits per heavy atom. The van der Waals surface area contributed by atoms with Crippen LogP contribution in [0.3, 0.4) is 0 Å². The highest BCUT2D eigenvalue weighted by Crippen LogP contribution is 2.42. The Morgan fingerprint density at radius 1 is 1.09 bits per heavy atom. The highest BCUT2D eigenvalue weighted by Gasteiger charge is 2.42. The summed E-state index contributed by atoms with van der Waals surface area (Å²) >= 11 is 0. The van der Waals surface area contributed by atoms with Crippen molar-refractivity contribution in [1.82, 2.24) is 9.88 Å². The monoisotopic (exact) mass is 455 g/mol. The van der Waals surface area contributed by atoms with E-state index in [4.69, 9.17) is 4.74 Å². The van der Waals surface area contributed by atoms with Gasteiger partial charge in [-0.25, -0.2) is 0 Å². The minimum Gasteiger partial charge on any atom is -0.465 e. The summed E-state index contributed by atoms with van der Waals surface area (Å²) in [5.74, 6) is -0.287. The van der Waals surface area contributed by atoms with Crippen LogP contribution in [0.25, 0.3) is 10.9 Å². The van der Waals surface area contributed by atoms with E-state index < -0.39 is 6.04 Å². The van der Waals surface area contributed by atoms with Gasteiger partial charge in [0.2, 0.25) is 0 Å². The number of carbonyl (C=O) groups is 1. The molecule has 0 saturated carbocycles. The molecule has 1 N–H and O–H groups in total. The Labute approximate surface area is 197 Å². The van der Waals surface area contributed by atoms with Crippen LogP contribution in [0.15, 0.2) is 78.9 Å². The van der Waals surface area contributed by atoms with Crippen LogP contribution >= 0.6 is 0 Å². The Morgan fingerprint density at radius 2 is 1.85 bits per heavy atom. The number of nitrogens with zero attached hydrogens (tertiary/aromatic N) is 2. The van der Waals surface area contributed by atoms with Crippen molar-refractivity contribution in [1.29, 1.82) is 0 Å². The van der Waals surface area contributed by atoms with E-state index in [1.54, 1.807) is 19.1 Å². The average Bonchev–Trinajstić information content (AvgIpc) is 3.22. The first kappa shape index (κ1) is 21.9. The van der Waals surface area contributed by atoms with Crippen molar-refractivity contribution in [3.05, 3.63) is 111 Å². The number of aromatic nitrogens is 1. The minimum absolute atomic E-state index is 0.0214. The van der Waals surface area contributed by atoms with Crippen LogP contribution in [0, 0.1) is 10.1 Å². The summed E-state index contributed by atoms with van der Waals surface area (Å²) in [6.45, 7) is 2.58. The van der Waals surface area contributed by atoms with Gasteiger partial charge in [-0.15, -0.1) is 0 Å². The summed E-state index contributed by atoms with van der Waals surface area (Å²) in [5, 5.41) is 12.6. The Hall–Kier alpha value is -3.97. The van der Waals surface area contributed by atoms with E-state index in [2.05, 4.69) is 9.88 Å². The first-order chi connectivity index (χ1) is 16.6. The fourth-order valence-corrected chi connectivity index (χ4v) is 4.95. The largest absolute Gasteiger partial charge is 0.465 e. The van der Waals surface area contributed by atoms with Crippen molar-refractivity contribution in [3.63, 3.8) is 0 Å². The maximum atomic E-state index is 13.2. The second kappa shape index (κ2) is 9.11. The van der Waals surface area contributed by atoms with Crippen molar-refractivity contribution in [3.8, 4) is 0 Å². The van der Waals surface area contributed by atoms with Crippen LogP contribution in [0.4, 0.5) is 5.69 Å². The number of fused-ring (bicyclic) bond motifs is 3. The molecule has 2 atom stereocenters. The van der Waals surface area contributed by atoms with Gasteiger partial charge in [0.25, 0.3) is 5.69 Å². The minimum atomic E-state index is -0.531. The van der Waals surface area contributed by atoms with Crippen molar-refractivity contribution >= 4 is 22.6 Å². The molecule has 0 saturated heterocycles. The number of carbonyl (C=O) groups excluding carboxylic acids is 1. The predicted molar refractivity (Wildman–Crippen MR) is 129 cm³/mol. The quantitative estimate of drug-likeness (QED) is 0.247. The molecule has 7 heteroatoms. The number of ether oxygens (including phenoxy) is 1. The van der Waals surface area contributed by atoms with E-state index in [1.165, 1.54) is 6.07 Å². The molecule has 0 radical (unpaired) electrons. The standard InChI is InChI=1S/C27H25N3O4/c1-2-34-27(31)24-16-22-21-13-6-7-14-23(21)28-25(22)26(19-11-8-12-20(15-19)30(32)33)29(24)17-18-9-4-3-5-10-18/h3-15,24,26,28H,2,16-17H2,1H3/t24-,26-/m0/s1. The van der Waals surface area contributed by atoms with Crippen LogP contribution in [0.2, 0.25) is 0 Å². The number of nitro benzene ring substituents is 1. The summed E-state index contributed by atoms with van der Waals surface area (Å²) < 4.78 is 5.50. The molecule has 1 aliphatic rings. The lowest BCUT2D eigenvalue weighted by Crippen LogP contribution is -2.48. The summed E-state index contributed by atoms with van der Waals surface area (Å²) in [6, 6.07) is 23.7. The first-order valence-corrected chi connectivity index (χ1v) is 11.4. The summed E-state index contributed by atoms with van der Waals surface area (Å²) in [7, 11) is 0. The molecular weight excluding hydrogens is 430 g/mol. The lowest BCUT2D eigenvalue weighted by atomic mass is 9.87. The van der Waals surface area contributed by atoms with Gasteiger partial charge >= 0.3 is 5.97 Å². The number of aromatic amines is 1. The number of nitro groups is 1. The third-order valence-corrected chi connectivity index (χ3v) is 6.41. The van der Waals surface area contributed by atoms with Gasteiger partial charge in [-0.05, 0) is 29.7 Å². The van der Waals surface area contributed by atoms with Gasteiger partial charge in [0, 0.05) is 41.7 Å². The van der Waals surface area contributed by atoms with Crippen LogP contribution in [-0.4, -0.2) is 33.4 Å². The number of rotatable bonds is 6. The number of hydrogen-bond acceptors (Lipinski definition) is 5. The molecule has 5 rings (SSSR count). The Bertz CT molecular complexity index is 1350. The topological polar surface area (TPSA) is 88.5 Å². The number of esters is 1. The third-order valence-electron chi connectivity index (χ3n) is 6.41. The molecule has 0 bridgehead atoms. The molecule has 4 aromatic rings. The molecule has 1 aromatic heterocycles. The van der Waals surface area contributed by atoms with Gasteiger partial charge < -0.3 is 9.72 Å². The Kier molecular flexibility index (Phi) is 5.86. The maximum absolute atomic E-state index is 13.2. The van der Waals surface area contributed by atoms with Crippen molar-refractivity contribution < 1.29 is 14.5 Å². The molecule has 7 nitrogen and oxygen atoms in total. The molecular formula is C27H25N3O4. The molecule has 0 unspecified atom stereocenters. The van der Waals surface area contributed by atoms with Gasteiger partial charge in [0.15, 0.2) is 0 Å². The zero-order valence-electron chi connectivity index (χ0n) is 18.8. The van der Waals surface area contributed by atoms with Crippen LogP contribution in [0.1, 0.15) is 35.3 Å². The van der Waals surface area contributed by atoms with Crippen LogP contribution in [0.5, 0.6) is 0 Å². The number of hydrogen-bond donors (Lipinski definition) is 1. The van der Waals surface area contributed by atoms with Crippen molar-refractivity contribution in [2.45, 2.75) is 32.0 Å². The van der Waals surface area contributed by atoms with Gasteiger partial charge in [-0.1, -0.05) is 60.7 Å². The second-order valence-electron chi connectivity index (χ2n) is 8.45. The fraction of sp³-hybridized carbons (Fsp3) is 0.222. The van der Waals surface area contributed by atoms with E-state index in [0.717, 1.165) is 33.3 Å². The molecule has 0 spiro atoms. The van der Waals surface area contributed by atoms with E-state index >= 15 is 0 Å². The number of benzene rings is 3. The van der Waals surface area contributed by atoms with Gasteiger partial charge in [-0.3, -0.25) is 19.8 Å². The number of H-pyrrole nitrogens is 1. The van der Waals surface area contributed by atoms with Gasteiger partial charge in [0.05, 0.1) is 17.6 Å². The van der Waals surface area contributed by atoms with Crippen LogP contribution in [-0.2, 0) is 22.5 Å². The molecule has 34 heavy (non-hydrogen) atoms. The molecule has 1 aliphatic heterocycles. The van der Waals surface area contributed by atoms with E-state index in [0.29, 0.717) is 13.0 Å². The fourth-order valence-electron chi connectivity index (χ4n) is 4.95. The molecule has 3 aromatic carbocycles.